The number of rotatable bonds is 4. The molecule has 4 heteroatoms. The first kappa shape index (κ1) is 13.0. The summed E-state index contributed by atoms with van der Waals surface area (Å²) in [5.41, 5.74) is 3.67. The quantitative estimate of drug-likeness (QED) is 0.905. The number of hydrogen-bond donors (Lipinski definition) is 1. The van der Waals surface area contributed by atoms with E-state index in [1.165, 1.54) is 43.7 Å². The Labute approximate surface area is 116 Å². The molecule has 106 valence electrons. The van der Waals surface area contributed by atoms with E-state index in [-0.39, 0.29) is 0 Å². The van der Waals surface area contributed by atoms with Crippen LogP contribution in [0.1, 0.15) is 50.5 Å². The minimum Gasteiger partial charge on any atom is -0.378 e. The van der Waals surface area contributed by atoms with Gasteiger partial charge in [0, 0.05) is 31.2 Å². The summed E-state index contributed by atoms with van der Waals surface area (Å²) in [7, 11) is 0. The molecule has 1 atom stereocenters. The maximum Gasteiger partial charge on any atom is 0.0828 e. The van der Waals surface area contributed by atoms with E-state index in [2.05, 4.69) is 47.7 Å². The van der Waals surface area contributed by atoms with Crippen LogP contribution in [-0.2, 0) is 0 Å². The molecule has 1 saturated heterocycles. The van der Waals surface area contributed by atoms with Crippen molar-refractivity contribution in [2.75, 3.05) is 18.4 Å². The summed E-state index contributed by atoms with van der Waals surface area (Å²) in [6.07, 6.45) is 4.09. The predicted octanol–water partition coefficient (Wildman–Crippen LogP) is 2.73. The summed E-state index contributed by atoms with van der Waals surface area (Å²) >= 11 is 0. The second-order valence-corrected chi connectivity index (χ2v) is 6.44. The van der Waals surface area contributed by atoms with Crippen LogP contribution in [-0.4, -0.2) is 39.9 Å². The van der Waals surface area contributed by atoms with Crippen molar-refractivity contribution >= 4 is 5.69 Å². The number of likely N-dealkylation sites (tertiary alicyclic amines) is 1. The van der Waals surface area contributed by atoms with Gasteiger partial charge in [0.2, 0.25) is 0 Å². The summed E-state index contributed by atoms with van der Waals surface area (Å²) in [5.74, 6) is 0. The number of aryl methyl sites for hydroxylation is 1. The number of anilines is 1. The summed E-state index contributed by atoms with van der Waals surface area (Å²) in [4.78, 5) is 2.65. The third kappa shape index (κ3) is 2.50. The van der Waals surface area contributed by atoms with Gasteiger partial charge in [0.1, 0.15) is 0 Å². The highest BCUT2D eigenvalue weighted by atomic mass is 15.3. The zero-order chi connectivity index (χ0) is 13.6. The molecule has 1 aliphatic heterocycles. The zero-order valence-corrected chi connectivity index (χ0v) is 12.6. The van der Waals surface area contributed by atoms with E-state index in [0.717, 1.165) is 11.7 Å². The number of nitrogens with one attached hydrogen (secondary N) is 1. The molecule has 1 saturated carbocycles. The molecular weight excluding hydrogens is 236 g/mol. The van der Waals surface area contributed by atoms with Gasteiger partial charge in [0.05, 0.1) is 17.1 Å². The highest BCUT2D eigenvalue weighted by Crippen LogP contribution is 2.31. The SMILES string of the molecule is Cc1nn(C(C)C)c(C)c1NC1CCN(C2CC2)C1. The highest BCUT2D eigenvalue weighted by Gasteiger charge is 2.34. The van der Waals surface area contributed by atoms with Gasteiger partial charge in [-0.15, -0.1) is 0 Å². The van der Waals surface area contributed by atoms with Crippen LogP contribution in [0, 0.1) is 13.8 Å². The zero-order valence-electron chi connectivity index (χ0n) is 12.6. The molecule has 0 amide bonds. The van der Waals surface area contributed by atoms with Crippen molar-refractivity contribution in [1.82, 2.24) is 14.7 Å². The monoisotopic (exact) mass is 262 g/mol. The van der Waals surface area contributed by atoms with Crippen molar-refractivity contribution in [3.05, 3.63) is 11.4 Å². The molecule has 0 aromatic carbocycles. The van der Waals surface area contributed by atoms with Gasteiger partial charge in [0.15, 0.2) is 0 Å². The van der Waals surface area contributed by atoms with Gasteiger partial charge in [-0.2, -0.15) is 5.10 Å². The second-order valence-electron chi connectivity index (χ2n) is 6.44. The van der Waals surface area contributed by atoms with Crippen LogP contribution >= 0.6 is 0 Å². The summed E-state index contributed by atoms with van der Waals surface area (Å²) in [5, 5.41) is 8.40. The lowest BCUT2D eigenvalue weighted by Crippen LogP contribution is -2.28. The fraction of sp³-hybridized carbons (Fsp3) is 0.800. The molecular formula is C15H26N4. The number of aromatic nitrogens is 2. The molecule has 0 bridgehead atoms. The molecule has 2 aliphatic rings. The molecule has 1 aromatic heterocycles. The Morgan fingerprint density at radius 2 is 1.95 bits per heavy atom. The number of nitrogens with zero attached hydrogens (tertiary/aromatic N) is 3. The van der Waals surface area contributed by atoms with Gasteiger partial charge < -0.3 is 5.32 Å². The molecule has 0 radical (unpaired) electrons. The minimum atomic E-state index is 0.431. The smallest absolute Gasteiger partial charge is 0.0828 e. The standard InChI is InChI=1S/C15H26N4/c1-10(2)19-12(4)15(11(3)17-19)16-13-7-8-18(9-13)14-5-6-14/h10,13-14,16H,5-9H2,1-4H3. The van der Waals surface area contributed by atoms with E-state index in [4.69, 9.17) is 0 Å². The molecule has 19 heavy (non-hydrogen) atoms. The second kappa shape index (κ2) is 4.82. The molecule has 1 unspecified atom stereocenters. The first-order chi connectivity index (χ1) is 9.06. The van der Waals surface area contributed by atoms with E-state index < -0.39 is 0 Å². The Kier molecular flexibility index (Phi) is 3.29. The Balaban J connectivity index is 1.69. The largest absolute Gasteiger partial charge is 0.378 e. The van der Waals surface area contributed by atoms with Crippen LogP contribution in [0.15, 0.2) is 0 Å². The van der Waals surface area contributed by atoms with Crippen LogP contribution in [0.25, 0.3) is 0 Å². The first-order valence-corrected chi connectivity index (χ1v) is 7.62. The molecule has 2 heterocycles. The molecule has 1 aliphatic carbocycles. The minimum absolute atomic E-state index is 0.431. The normalized spacial score (nSPS) is 24.4. The topological polar surface area (TPSA) is 33.1 Å². The van der Waals surface area contributed by atoms with Crippen molar-refractivity contribution in [3.8, 4) is 0 Å². The average Bonchev–Trinajstić information content (AvgIpc) is 3.05. The Bertz CT molecular complexity index is 459. The van der Waals surface area contributed by atoms with Gasteiger partial charge in [-0.05, 0) is 47.0 Å². The Morgan fingerprint density at radius 1 is 1.21 bits per heavy atom. The van der Waals surface area contributed by atoms with E-state index in [0.29, 0.717) is 12.1 Å². The third-order valence-electron chi connectivity index (χ3n) is 4.45. The van der Waals surface area contributed by atoms with Crippen molar-refractivity contribution < 1.29 is 0 Å². The fourth-order valence-electron chi connectivity index (χ4n) is 3.26. The average molecular weight is 262 g/mol. The van der Waals surface area contributed by atoms with Crippen LogP contribution < -0.4 is 5.32 Å². The van der Waals surface area contributed by atoms with Crippen LogP contribution in [0.3, 0.4) is 0 Å². The van der Waals surface area contributed by atoms with Gasteiger partial charge >= 0.3 is 0 Å². The van der Waals surface area contributed by atoms with Gasteiger partial charge in [0.25, 0.3) is 0 Å². The van der Waals surface area contributed by atoms with Gasteiger partial charge in [-0.25, -0.2) is 0 Å². The van der Waals surface area contributed by atoms with E-state index in [1.807, 2.05) is 0 Å². The lowest BCUT2D eigenvalue weighted by atomic mass is 10.2. The van der Waals surface area contributed by atoms with Crippen molar-refractivity contribution in [2.24, 2.45) is 0 Å². The maximum absolute atomic E-state index is 4.66. The molecule has 2 fully saturated rings. The van der Waals surface area contributed by atoms with Crippen molar-refractivity contribution in [2.45, 2.75) is 65.1 Å². The van der Waals surface area contributed by atoms with E-state index >= 15 is 0 Å². The predicted molar refractivity (Wildman–Crippen MR) is 78.7 cm³/mol. The summed E-state index contributed by atoms with van der Waals surface area (Å²) in [6.45, 7) is 11.1. The van der Waals surface area contributed by atoms with Crippen LogP contribution in [0.5, 0.6) is 0 Å². The molecule has 1 aromatic rings. The molecule has 1 N–H and O–H groups in total. The first-order valence-electron chi connectivity index (χ1n) is 7.62. The summed E-state index contributed by atoms with van der Waals surface area (Å²) < 4.78 is 2.13. The molecule has 4 nitrogen and oxygen atoms in total. The third-order valence-corrected chi connectivity index (χ3v) is 4.45. The molecule has 0 spiro atoms. The van der Waals surface area contributed by atoms with Crippen molar-refractivity contribution in [1.29, 1.82) is 0 Å². The highest BCUT2D eigenvalue weighted by molar-refractivity contribution is 5.53. The maximum atomic E-state index is 4.66. The lowest BCUT2D eigenvalue weighted by Gasteiger charge is -2.17. The number of hydrogen-bond acceptors (Lipinski definition) is 3. The van der Waals surface area contributed by atoms with Crippen LogP contribution in [0.2, 0.25) is 0 Å². The summed E-state index contributed by atoms with van der Waals surface area (Å²) in [6, 6.07) is 1.93. The Morgan fingerprint density at radius 3 is 2.53 bits per heavy atom. The molecule has 3 rings (SSSR count). The fourth-order valence-corrected chi connectivity index (χ4v) is 3.26. The Hall–Kier alpha value is -1.03. The van der Waals surface area contributed by atoms with E-state index in [1.54, 1.807) is 0 Å². The lowest BCUT2D eigenvalue weighted by molar-refractivity contribution is 0.326. The van der Waals surface area contributed by atoms with Crippen LogP contribution in [0.4, 0.5) is 5.69 Å². The van der Waals surface area contributed by atoms with Gasteiger partial charge in [-0.3, -0.25) is 9.58 Å². The van der Waals surface area contributed by atoms with Crippen molar-refractivity contribution in [3.63, 3.8) is 0 Å². The van der Waals surface area contributed by atoms with E-state index in [9.17, 15) is 0 Å². The van der Waals surface area contributed by atoms with Gasteiger partial charge in [-0.1, -0.05) is 0 Å².